The molecule has 0 radical (unpaired) electrons. The molecule has 0 aliphatic carbocycles. The van der Waals surface area contributed by atoms with Crippen molar-refractivity contribution in [2.24, 2.45) is 0 Å². The van der Waals surface area contributed by atoms with Gasteiger partial charge in [-0.3, -0.25) is 4.57 Å². The fraction of sp³-hybridized carbons (Fsp3) is 0.263. The van der Waals surface area contributed by atoms with Gasteiger partial charge in [-0.05, 0) is 43.2 Å². The average Bonchev–Trinajstić information content (AvgIpc) is 3.00. The summed E-state index contributed by atoms with van der Waals surface area (Å²) in [6.45, 7) is 1.13. The van der Waals surface area contributed by atoms with E-state index < -0.39 is 0 Å². The van der Waals surface area contributed by atoms with E-state index >= 15 is 0 Å². The smallest absolute Gasteiger partial charge is 0.324 e. The number of piperidine rings is 1. The van der Waals surface area contributed by atoms with Gasteiger partial charge in [0, 0.05) is 24.2 Å². The lowest BCUT2D eigenvalue weighted by Crippen LogP contribution is -2.42. The third-order valence-electron chi connectivity index (χ3n) is 4.91. The quantitative estimate of drug-likeness (QED) is 0.659. The molecule has 2 amide bonds. The van der Waals surface area contributed by atoms with Gasteiger partial charge in [-0.25, -0.2) is 9.59 Å². The normalized spacial score (nSPS) is 15.3. The lowest BCUT2D eigenvalue weighted by Gasteiger charge is -2.32. The molecule has 1 aliphatic heterocycles. The minimum atomic E-state index is -0.205. The van der Waals surface area contributed by atoms with Crippen molar-refractivity contribution in [3.63, 3.8) is 0 Å². The number of H-pyrrole nitrogens is 1. The van der Waals surface area contributed by atoms with Crippen molar-refractivity contribution in [2.45, 2.75) is 18.9 Å². The predicted octanol–water partition coefficient (Wildman–Crippen LogP) is 4.51. The number of halogens is 2. The molecule has 3 aromatic rings. The molecule has 1 fully saturated rings. The standard InChI is InChI=1S/C19H18Cl2N4O2/c20-12-5-6-15(14(21)11-12)22-18(26)24-9-7-13(8-10-24)25-17-4-2-1-3-16(17)23-19(25)27/h1-6,11,13H,7-10H2,(H,22,26)(H,23,27). The van der Waals surface area contributed by atoms with Crippen LogP contribution < -0.4 is 11.0 Å². The van der Waals surface area contributed by atoms with Crippen LogP contribution in [0.15, 0.2) is 47.3 Å². The number of rotatable bonds is 2. The molecule has 0 saturated carbocycles. The number of imidazole rings is 1. The van der Waals surface area contributed by atoms with Crippen molar-refractivity contribution >= 4 is 46.0 Å². The average molecular weight is 405 g/mol. The third kappa shape index (κ3) is 3.55. The van der Waals surface area contributed by atoms with Crippen molar-refractivity contribution in [2.75, 3.05) is 18.4 Å². The summed E-state index contributed by atoms with van der Waals surface area (Å²) in [7, 11) is 0. The number of fused-ring (bicyclic) bond motifs is 1. The van der Waals surface area contributed by atoms with Crippen molar-refractivity contribution in [3.05, 3.63) is 63.0 Å². The van der Waals surface area contributed by atoms with Gasteiger partial charge in [0.05, 0.1) is 21.7 Å². The molecule has 8 heteroatoms. The first-order chi connectivity index (χ1) is 13.0. The number of urea groups is 1. The zero-order valence-electron chi connectivity index (χ0n) is 14.4. The highest BCUT2D eigenvalue weighted by atomic mass is 35.5. The van der Waals surface area contributed by atoms with Crippen LogP contribution in [0.25, 0.3) is 11.0 Å². The number of benzene rings is 2. The molecule has 140 valence electrons. The number of carbonyl (C=O) groups excluding carboxylic acids is 1. The summed E-state index contributed by atoms with van der Waals surface area (Å²) in [4.78, 5) is 29.5. The van der Waals surface area contributed by atoms with Crippen LogP contribution in [0.1, 0.15) is 18.9 Å². The second-order valence-corrected chi connectivity index (χ2v) is 7.43. The number of carbonyl (C=O) groups is 1. The molecule has 0 unspecified atom stereocenters. The van der Waals surface area contributed by atoms with Crippen molar-refractivity contribution < 1.29 is 4.79 Å². The van der Waals surface area contributed by atoms with Gasteiger partial charge < -0.3 is 15.2 Å². The fourth-order valence-corrected chi connectivity index (χ4v) is 4.00. The van der Waals surface area contributed by atoms with E-state index in [2.05, 4.69) is 10.3 Å². The second kappa shape index (κ2) is 7.29. The van der Waals surface area contributed by atoms with Crippen molar-refractivity contribution in [3.8, 4) is 0 Å². The number of para-hydroxylation sites is 2. The largest absolute Gasteiger partial charge is 0.326 e. The lowest BCUT2D eigenvalue weighted by molar-refractivity contribution is 0.184. The van der Waals surface area contributed by atoms with Gasteiger partial charge >= 0.3 is 11.7 Å². The molecular formula is C19H18Cl2N4O2. The molecule has 27 heavy (non-hydrogen) atoms. The maximum atomic E-state index is 12.5. The van der Waals surface area contributed by atoms with E-state index in [1.807, 2.05) is 24.3 Å². The minimum absolute atomic E-state index is 0.0665. The number of hydrogen-bond donors (Lipinski definition) is 2. The summed E-state index contributed by atoms with van der Waals surface area (Å²) in [6, 6.07) is 12.5. The molecule has 4 rings (SSSR count). The van der Waals surface area contributed by atoms with E-state index in [4.69, 9.17) is 23.2 Å². The predicted molar refractivity (Wildman–Crippen MR) is 108 cm³/mol. The zero-order valence-corrected chi connectivity index (χ0v) is 15.9. The Balaban J connectivity index is 1.45. The topological polar surface area (TPSA) is 70.1 Å². The molecule has 1 aromatic heterocycles. The molecule has 1 saturated heterocycles. The highest BCUT2D eigenvalue weighted by molar-refractivity contribution is 6.36. The van der Waals surface area contributed by atoms with Crippen molar-refractivity contribution in [1.29, 1.82) is 0 Å². The van der Waals surface area contributed by atoms with Crippen LogP contribution in [0.2, 0.25) is 10.0 Å². The van der Waals surface area contributed by atoms with Gasteiger partial charge in [0.2, 0.25) is 0 Å². The van der Waals surface area contributed by atoms with E-state index in [0.717, 1.165) is 11.0 Å². The van der Waals surface area contributed by atoms with Crippen LogP contribution in [0.4, 0.5) is 10.5 Å². The van der Waals surface area contributed by atoms with Crippen LogP contribution in [0.5, 0.6) is 0 Å². The summed E-state index contributed by atoms with van der Waals surface area (Å²) >= 11 is 12.0. The molecule has 2 N–H and O–H groups in total. The first kappa shape index (κ1) is 17.9. The molecule has 1 aliphatic rings. The number of anilines is 1. The molecule has 2 heterocycles. The van der Waals surface area contributed by atoms with Crippen molar-refractivity contribution in [1.82, 2.24) is 14.5 Å². The summed E-state index contributed by atoms with van der Waals surface area (Å²) < 4.78 is 1.81. The maximum absolute atomic E-state index is 12.5. The summed E-state index contributed by atoms with van der Waals surface area (Å²) in [5.74, 6) is 0. The SMILES string of the molecule is O=C(Nc1ccc(Cl)cc1Cl)N1CCC(n2c(=O)[nH]c3ccccc32)CC1. The molecule has 6 nitrogen and oxygen atoms in total. The van der Waals surface area contributed by atoms with Gasteiger partial charge in [-0.1, -0.05) is 35.3 Å². The van der Waals surface area contributed by atoms with Crippen LogP contribution in [0, 0.1) is 0 Å². The lowest BCUT2D eigenvalue weighted by atomic mass is 10.0. The Bertz CT molecular complexity index is 1050. The highest BCUT2D eigenvalue weighted by Crippen LogP contribution is 2.28. The molecule has 0 atom stereocenters. The maximum Gasteiger partial charge on any atom is 0.326 e. The van der Waals surface area contributed by atoms with E-state index in [1.54, 1.807) is 27.7 Å². The summed E-state index contributed by atoms with van der Waals surface area (Å²) in [5, 5.41) is 3.74. The van der Waals surface area contributed by atoms with E-state index in [1.165, 1.54) is 0 Å². The number of nitrogens with one attached hydrogen (secondary N) is 2. The number of nitrogens with zero attached hydrogens (tertiary/aromatic N) is 2. The Morgan fingerprint density at radius 3 is 2.59 bits per heavy atom. The van der Waals surface area contributed by atoms with E-state index in [0.29, 0.717) is 41.7 Å². The van der Waals surface area contributed by atoms with Crippen LogP contribution in [-0.2, 0) is 0 Å². The number of hydrogen-bond acceptors (Lipinski definition) is 2. The van der Waals surface area contributed by atoms with E-state index in [9.17, 15) is 9.59 Å². The molecule has 0 bridgehead atoms. The Morgan fingerprint density at radius 1 is 1.11 bits per heavy atom. The van der Waals surface area contributed by atoms with Gasteiger partial charge in [-0.15, -0.1) is 0 Å². The number of likely N-dealkylation sites (tertiary alicyclic amines) is 1. The first-order valence-corrected chi connectivity index (χ1v) is 9.49. The molecular weight excluding hydrogens is 387 g/mol. The Hall–Kier alpha value is -2.44. The first-order valence-electron chi connectivity index (χ1n) is 8.73. The number of aromatic nitrogens is 2. The number of aromatic amines is 1. The van der Waals surface area contributed by atoms with E-state index in [-0.39, 0.29) is 17.8 Å². The highest BCUT2D eigenvalue weighted by Gasteiger charge is 2.26. The van der Waals surface area contributed by atoms with Gasteiger partial charge in [0.15, 0.2) is 0 Å². The second-order valence-electron chi connectivity index (χ2n) is 6.59. The number of amides is 2. The van der Waals surface area contributed by atoms with Crippen LogP contribution in [0.3, 0.4) is 0 Å². The van der Waals surface area contributed by atoms with Crippen LogP contribution >= 0.6 is 23.2 Å². The molecule has 2 aromatic carbocycles. The van der Waals surface area contributed by atoms with Crippen LogP contribution in [-0.4, -0.2) is 33.6 Å². The van der Waals surface area contributed by atoms with Gasteiger partial charge in [-0.2, -0.15) is 0 Å². The van der Waals surface area contributed by atoms with Gasteiger partial charge in [0.25, 0.3) is 0 Å². The molecule has 0 spiro atoms. The zero-order chi connectivity index (χ0) is 19.0. The Kier molecular flexibility index (Phi) is 4.85. The van der Waals surface area contributed by atoms with Gasteiger partial charge in [0.1, 0.15) is 0 Å². The Labute approximate surface area is 165 Å². The third-order valence-corrected chi connectivity index (χ3v) is 5.46. The fourth-order valence-electron chi connectivity index (χ4n) is 3.55. The summed E-state index contributed by atoms with van der Waals surface area (Å²) in [6.07, 6.45) is 1.42. The summed E-state index contributed by atoms with van der Waals surface area (Å²) in [5.41, 5.74) is 2.16. The monoisotopic (exact) mass is 404 g/mol. The Morgan fingerprint density at radius 2 is 1.85 bits per heavy atom. The minimum Gasteiger partial charge on any atom is -0.324 e.